The van der Waals surface area contributed by atoms with E-state index in [2.05, 4.69) is 26.8 Å². The Morgan fingerprint density at radius 1 is 0.600 bits per heavy atom. The molecule has 0 radical (unpaired) electrons. The molecule has 2 N–H and O–H groups in total. The van der Waals surface area contributed by atoms with Crippen molar-refractivity contribution in [2.75, 3.05) is 0 Å². The summed E-state index contributed by atoms with van der Waals surface area (Å²) in [7, 11) is 0. The highest BCUT2D eigenvalue weighted by molar-refractivity contribution is 9.10. The van der Waals surface area contributed by atoms with E-state index in [1.807, 2.05) is 42.5 Å². The molecule has 0 aliphatic heterocycles. The first-order valence-electron chi connectivity index (χ1n) is 7.65. The molecule has 25 heavy (non-hydrogen) atoms. The van der Waals surface area contributed by atoms with Crippen LogP contribution in [0.1, 0.15) is 20.7 Å². The van der Waals surface area contributed by atoms with E-state index in [1.165, 1.54) is 0 Å². The van der Waals surface area contributed by atoms with Crippen molar-refractivity contribution in [2.45, 2.75) is 0 Å². The van der Waals surface area contributed by atoms with Crippen molar-refractivity contribution in [3.8, 4) is 11.1 Å². The van der Waals surface area contributed by atoms with Crippen LogP contribution in [-0.4, -0.2) is 11.8 Å². The first kappa shape index (κ1) is 16.9. The fourth-order valence-corrected chi connectivity index (χ4v) is 2.57. The number of rotatable bonds is 3. The van der Waals surface area contributed by atoms with Gasteiger partial charge in [0.15, 0.2) is 0 Å². The summed E-state index contributed by atoms with van der Waals surface area (Å²) >= 11 is 3.31. The largest absolute Gasteiger partial charge is 0.269 e. The Morgan fingerprint density at radius 3 is 1.56 bits per heavy atom. The monoisotopic (exact) mass is 394 g/mol. The minimum Gasteiger partial charge on any atom is -0.267 e. The Bertz CT molecular complexity index is 876. The second-order valence-electron chi connectivity index (χ2n) is 5.36. The third kappa shape index (κ3) is 4.33. The van der Waals surface area contributed by atoms with Crippen molar-refractivity contribution < 1.29 is 9.59 Å². The van der Waals surface area contributed by atoms with E-state index in [1.54, 1.807) is 36.4 Å². The summed E-state index contributed by atoms with van der Waals surface area (Å²) in [5, 5.41) is 0. The van der Waals surface area contributed by atoms with Crippen molar-refractivity contribution in [3.05, 3.63) is 94.5 Å². The van der Waals surface area contributed by atoms with Crippen molar-refractivity contribution in [2.24, 2.45) is 0 Å². The van der Waals surface area contributed by atoms with Gasteiger partial charge >= 0.3 is 0 Å². The molecule has 0 atom stereocenters. The maximum atomic E-state index is 12.1. The quantitative estimate of drug-likeness (QED) is 0.654. The minimum atomic E-state index is -0.373. The summed E-state index contributed by atoms with van der Waals surface area (Å²) in [6.07, 6.45) is 0. The first-order valence-corrected chi connectivity index (χ1v) is 8.44. The van der Waals surface area contributed by atoms with Gasteiger partial charge in [0, 0.05) is 15.6 Å². The molecule has 2 amide bonds. The molecule has 0 saturated carbocycles. The Labute approximate surface area is 154 Å². The highest BCUT2D eigenvalue weighted by Gasteiger charge is 2.09. The second kappa shape index (κ2) is 7.77. The van der Waals surface area contributed by atoms with Gasteiger partial charge in [-0.2, -0.15) is 0 Å². The molecule has 0 heterocycles. The van der Waals surface area contributed by atoms with Gasteiger partial charge in [-0.05, 0) is 47.5 Å². The zero-order valence-electron chi connectivity index (χ0n) is 13.2. The van der Waals surface area contributed by atoms with Crippen LogP contribution in [0.5, 0.6) is 0 Å². The summed E-state index contributed by atoms with van der Waals surface area (Å²) in [6, 6.07) is 24.0. The summed E-state index contributed by atoms with van der Waals surface area (Å²) in [6.45, 7) is 0. The zero-order chi connectivity index (χ0) is 17.6. The summed E-state index contributed by atoms with van der Waals surface area (Å²) in [5.41, 5.74) is 7.87. The van der Waals surface area contributed by atoms with E-state index in [4.69, 9.17) is 0 Å². The maximum Gasteiger partial charge on any atom is 0.269 e. The number of hydrazine groups is 1. The topological polar surface area (TPSA) is 58.2 Å². The number of halogens is 1. The molecule has 3 rings (SSSR count). The Balaban J connectivity index is 1.61. The van der Waals surface area contributed by atoms with Gasteiger partial charge in [-0.15, -0.1) is 0 Å². The molecule has 0 unspecified atom stereocenters. The van der Waals surface area contributed by atoms with Gasteiger partial charge < -0.3 is 0 Å². The number of carbonyl (C=O) groups is 2. The van der Waals surface area contributed by atoms with E-state index in [-0.39, 0.29) is 11.8 Å². The predicted molar refractivity (Wildman–Crippen MR) is 101 cm³/mol. The highest BCUT2D eigenvalue weighted by atomic mass is 79.9. The minimum absolute atomic E-state index is 0.370. The van der Waals surface area contributed by atoms with Gasteiger partial charge in [0.2, 0.25) is 0 Å². The third-order valence-corrected chi connectivity index (χ3v) is 4.18. The van der Waals surface area contributed by atoms with Gasteiger partial charge in [0.25, 0.3) is 11.8 Å². The molecule has 3 aromatic carbocycles. The third-order valence-electron chi connectivity index (χ3n) is 3.65. The molecule has 0 aliphatic carbocycles. The van der Waals surface area contributed by atoms with Crippen molar-refractivity contribution in [3.63, 3.8) is 0 Å². The molecule has 0 spiro atoms. The van der Waals surface area contributed by atoms with Gasteiger partial charge in [-0.3, -0.25) is 20.4 Å². The van der Waals surface area contributed by atoms with Crippen LogP contribution < -0.4 is 10.9 Å². The molecule has 124 valence electrons. The maximum absolute atomic E-state index is 12.1. The van der Waals surface area contributed by atoms with E-state index >= 15 is 0 Å². The second-order valence-corrected chi connectivity index (χ2v) is 6.27. The van der Waals surface area contributed by atoms with Gasteiger partial charge in [0.05, 0.1) is 0 Å². The molecule has 0 aliphatic rings. The summed E-state index contributed by atoms with van der Waals surface area (Å²) in [4.78, 5) is 24.1. The SMILES string of the molecule is O=C(NNC(=O)c1ccc(-c2ccccc2)cc1)c1ccc(Br)cc1. The lowest BCUT2D eigenvalue weighted by Gasteiger charge is -2.08. The van der Waals surface area contributed by atoms with Crippen LogP contribution in [-0.2, 0) is 0 Å². The standard InChI is InChI=1S/C20H15BrN2O2/c21-18-12-10-17(11-13-18)20(25)23-22-19(24)16-8-6-15(7-9-16)14-4-2-1-3-5-14/h1-13H,(H,22,24)(H,23,25). The fourth-order valence-electron chi connectivity index (χ4n) is 2.30. The lowest BCUT2D eigenvalue weighted by molar-refractivity contribution is 0.0846. The van der Waals surface area contributed by atoms with Crippen molar-refractivity contribution >= 4 is 27.7 Å². The molecule has 0 fully saturated rings. The average Bonchev–Trinajstić information content (AvgIpc) is 2.67. The molecular formula is C20H15BrN2O2. The van der Waals surface area contributed by atoms with Crippen molar-refractivity contribution in [1.82, 2.24) is 10.9 Å². The van der Waals surface area contributed by atoms with E-state index < -0.39 is 0 Å². The summed E-state index contributed by atoms with van der Waals surface area (Å²) in [5.74, 6) is -0.744. The Hall–Kier alpha value is -2.92. The van der Waals surface area contributed by atoms with E-state index in [9.17, 15) is 9.59 Å². The first-order chi connectivity index (χ1) is 12.1. The van der Waals surface area contributed by atoms with E-state index in [0.717, 1.165) is 15.6 Å². The van der Waals surface area contributed by atoms with Gasteiger partial charge in [-0.1, -0.05) is 58.4 Å². The van der Waals surface area contributed by atoms with Crippen LogP contribution in [0, 0.1) is 0 Å². The van der Waals surface area contributed by atoms with Crippen LogP contribution in [0.25, 0.3) is 11.1 Å². The molecule has 0 bridgehead atoms. The predicted octanol–water partition coefficient (Wildman–Crippen LogP) is 4.19. The molecule has 5 heteroatoms. The number of carbonyl (C=O) groups excluding carboxylic acids is 2. The average molecular weight is 395 g/mol. The van der Waals surface area contributed by atoms with Crippen LogP contribution >= 0.6 is 15.9 Å². The number of hydrogen-bond acceptors (Lipinski definition) is 2. The molecular weight excluding hydrogens is 380 g/mol. The van der Waals surface area contributed by atoms with E-state index in [0.29, 0.717) is 11.1 Å². The fraction of sp³-hybridized carbons (Fsp3) is 0. The lowest BCUT2D eigenvalue weighted by atomic mass is 10.0. The van der Waals surface area contributed by atoms with Crippen LogP contribution in [0.3, 0.4) is 0 Å². The van der Waals surface area contributed by atoms with Crippen LogP contribution in [0.4, 0.5) is 0 Å². The Morgan fingerprint density at radius 2 is 1.04 bits per heavy atom. The smallest absolute Gasteiger partial charge is 0.267 e. The Kier molecular flexibility index (Phi) is 5.26. The highest BCUT2D eigenvalue weighted by Crippen LogP contribution is 2.19. The normalized spacial score (nSPS) is 10.1. The number of hydrogen-bond donors (Lipinski definition) is 2. The van der Waals surface area contributed by atoms with Crippen molar-refractivity contribution in [1.29, 1.82) is 0 Å². The molecule has 0 saturated heterocycles. The molecule has 3 aromatic rings. The van der Waals surface area contributed by atoms with Crippen LogP contribution in [0.2, 0.25) is 0 Å². The molecule has 4 nitrogen and oxygen atoms in total. The lowest BCUT2D eigenvalue weighted by Crippen LogP contribution is -2.41. The zero-order valence-corrected chi connectivity index (χ0v) is 14.8. The van der Waals surface area contributed by atoms with Gasteiger partial charge in [-0.25, -0.2) is 0 Å². The number of amides is 2. The number of nitrogens with one attached hydrogen (secondary N) is 2. The summed E-state index contributed by atoms with van der Waals surface area (Å²) < 4.78 is 0.881. The molecule has 0 aromatic heterocycles. The van der Waals surface area contributed by atoms with Crippen LogP contribution in [0.15, 0.2) is 83.3 Å². The van der Waals surface area contributed by atoms with Gasteiger partial charge in [0.1, 0.15) is 0 Å². The number of benzene rings is 3.